The summed E-state index contributed by atoms with van der Waals surface area (Å²) in [6.07, 6.45) is 1.56. The molecular formula is C11H12N2O2. The first kappa shape index (κ1) is 11.1. The van der Waals surface area contributed by atoms with Crippen LogP contribution in [0.15, 0.2) is 23.1 Å². The van der Waals surface area contributed by atoms with E-state index < -0.39 is 0 Å². The summed E-state index contributed by atoms with van der Waals surface area (Å²) >= 11 is 0. The minimum Gasteiger partial charge on any atom is -0.341 e. The van der Waals surface area contributed by atoms with Crippen LogP contribution in [0.5, 0.6) is 0 Å². The summed E-state index contributed by atoms with van der Waals surface area (Å²) in [5, 5.41) is 2.59. The highest BCUT2D eigenvalue weighted by Gasteiger charge is 2.04. The molecule has 0 spiro atoms. The Bertz CT molecular complexity index is 477. The number of carbonyl (C=O) groups is 1. The molecule has 0 radical (unpaired) electrons. The van der Waals surface area contributed by atoms with Crippen molar-refractivity contribution in [3.05, 3.63) is 34.2 Å². The Labute approximate surface area is 87.9 Å². The maximum Gasteiger partial charge on any atom is 0.252 e. The molecule has 0 atom stereocenters. The smallest absolute Gasteiger partial charge is 0.252 e. The second kappa shape index (κ2) is 5.01. The van der Waals surface area contributed by atoms with Gasteiger partial charge in [0.1, 0.15) is 0 Å². The van der Waals surface area contributed by atoms with Crippen LogP contribution in [0.3, 0.4) is 0 Å². The molecule has 0 aliphatic heterocycles. The average Bonchev–Trinajstić information content (AvgIpc) is 2.22. The first-order chi connectivity index (χ1) is 7.15. The number of pyridine rings is 1. The molecule has 15 heavy (non-hydrogen) atoms. The Morgan fingerprint density at radius 3 is 2.93 bits per heavy atom. The van der Waals surface area contributed by atoms with Crippen LogP contribution in [-0.4, -0.2) is 17.0 Å². The van der Waals surface area contributed by atoms with E-state index in [2.05, 4.69) is 17.2 Å². The van der Waals surface area contributed by atoms with Crippen LogP contribution in [-0.2, 0) is 7.05 Å². The minimum absolute atomic E-state index is 0.204. The molecule has 0 unspecified atom stereocenters. The van der Waals surface area contributed by atoms with Gasteiger partial charge in [0.25, 0.3) is 11.5 Å². The van der Waals surface area contributed by atoms with Crippen molar-refractivity contribution in [1.29, 1.82) is 0 Å². The fourth-order valence-electron chi connectivity index (χ4n) is 1.00. The van der Waals surface area contributed by atoms with Gasteiger partial charge in [-0.2, -0.15) is 0 Å². The SMILES string of the molecule is CC#CCNC(=O)c1ccn(C)c(=O)c1. The summed E-state index contributed by atoms with van der Waals surface area (Å²) in [5.74, 6) is 5.09. The summed E-state index contributed by atoms with van der Waals surface area (Å²) in [7, 11) is 1.63. The van der Waals surface area contributed by atoms with E-state index in [0.29, 0.717) is 12.1 Å². The number of hydrogen-bond acceptors (Lipinski definition) is 2. The van der Waals surface area contributed by atoms with Crippen LogP contribution in [0, 0.1) is 11.8 Å². The second-order valence-corrected chi connectivity index (χ2v) is 2.97. The van der Waals surface area contributed by atoms with Crippen molar-refractivity contribution < 1.29 is 4.79 Å². The quantitative estimate of drug-likeness (QED) is 0.696. The minimum atomic E-state index is -0.282. The van der Waals surface area contributed by atoms with Crippen molar-refractivity contribution in [3.8, 4) is 11.8 Å². The molecule has 0 bridgehead atoms. The van der Waals surface area contributed by atoms with Gasteiger partial charge < -0.3 is 9.88 Å². The fourth-order valence-corrected chi connectivity index (χ4v) is 1.00. The van der Waals surface area contributed by atoms with Crippen LogP contribution in [0.25, 0.3) is 0 Å². The molecular weight excluding hydrogens is 192 g/mol. The lowest BCUT2D eigenvalue weighted by Crippen LogP contribution is -2.26. The standard InChI is InChI=1S/C11H12N2O2/c1-3-4-6-12-11(15)9-5-7-13(2)10(14)8-9/h5,7-8H,6H2,1-2H3,(H,12,15). The molecule has 0 aliphatic rings. The molecule has 1 N–H and O–H groups in total. The van der Waals surface area contributed by atoms with Crippen LogP contribution >= 0.6 is 0 Å². The summed E-state index contributed by atoms with van der Waals surface area (Å²) in [4.78, 5) is 22.7. The van der Waals surface area contributed by atoms with Gasteiger partial charge in [-0.05, 0) is 13.0 Å². The molecule has 1 aromatic heterocycles. The molecule has 0 fully saturated rings. The number of nitrogens with one attached hydrogen (secondary N) is 1. The third kappa shape index (κ3) is 2.99. The van der Waals surface area contributed by atoms with Gasteiger partial charge >= 0.3 is 0 Å². The monoisotopic (exact) mass is 204 g/mol. The normalized spacial score (nSPS) is 8.93. The van der Waals surface area contributed by atoms with Crippen molar-refractivity contribution in [2.75, 3.05) is 6.54 Å². The molecule has 0 aromatic carbocycles. The van der Waals surface area contributed by atoms with E-state index >= 15 is 0 Å². The van der Waals surface area contributed by atoms with E-state index in [1.165, 1.54) is 10.6 Å². The van der Waals surface area contributed by atoms with Gasteiger partial charge in [0.05, 0.1) is 6.54 Å². The average molecular weight is 204 g/mol. The first-order valence-corrected chi connectivity index (χ1v) is 4.49. The second-order valence-electron chi connectivity index (χ2n) is 2.97. The van der Waals surface area contributed by atoms with E-state index in [-0.39, 0.29) is 11.5 Å². The molecule has 0 aliphatic carbocycles. The fraction of sp³-hybridized carbons (Fsp3) is 0.273. The lowest BCUT2D eigenvalue weighted by atomic mass is 10.2. The van der Waals surface area contributed by atoms with Gasteiger partial charge in [-0.25, -0.2) is 0 Å². The lowest BCUT2D eigenvalue weighted by Gasteiger charge is -2.01. The first-order valence-electron chi connectivity index (χ1n) is 4.49. The zero-order valence-corrected chi connectivity index (χ0v) is 8.70. The molecule has 78 valence electrons. The van der Waals surface area contributed by atoms with Gasteiger partial charge in [0.2, 0.25) is 0 Å². The Kier molecular flexibility index (Phi) is 3.69. The Hall–Kier alpha value is -2.02. The predicted octanol–water partition coefficient (Wildman–Crippen LogP) is 0.138. The molecule has 1 rings (SSSR count). The van der Waals surface area contributed by atoms with Crippen LogP contribution in [0.1, 0.15) is 17.3 Å². The van der Waals surface area contributed by atoms with Crippen molar-refractivity contribution in [2.45, 2.75) is 6.92 Å². The molecule has 1 aromatic rings. The summed E-state index contributed by atoms with van der Waals surface area (Å²) in [5.41, 5.74) is 0.153. The number of carbonyl (C=O) groups excluding carboxylic acids is 1. The summed E-state index contributed by atoms with van der Waals surface area (Å²) in [6, 6.07) is 2.89. The number of aryl methyl sites for hydroxylation is 1. The van der Waals surface area contributed by atoms with Gasteiger partial charge in [-0.15, -0.1) is 5.92 Å². The van der Waals surface area contributed by atoms with Gasteiger partial charge in [0, 0.05) is 24.9 Å². The highest BCUT2D eigenvalue weighted by molar-refractivity contribution is 5.94. The van der Waals surface area contributed by atoms with Crippen LogP contribution in [0.2, 0.25) is 0 Å². The third-order valence-corrected chi connectivity index (χ3v) is 1.88. The van der Waals surface area contributed by atoms with Gasteiger partial charge in [0.15, 0.2) is 0 Å². The Balaban J connectivity index is 2.77. The molecule has 4 heteroatoms. The largest absolute Gasteiger partial charge is 0.341 e. The lowest BCUT2D eigenvalue weighted by molar-refractivity contribution is 0.0958. The highest BCUT2D eigenvalue weighted by Crippen LogP contribution is 1.93. The molecule has 4 nitrogen and oxygen atoms in total. The highest BCUT2D eigenvalue weighted by atomic mass is 16.2. The van der Waals surface area contributed by atoms with E-state index in [1.807, 2.05) is 0 Å². The topological polar surface area (TPSA) is 51.1 Å². The van der Waals surface area contributed by atoms with Crippen molar-refractivity contribution in [3.63, 3.8) is 0 Å². The van der Waals surface area contributed by atoms with E-state index in [0.717, 1.165) is 0 Å². The maximum atomic E-state index is 11.5. The number of nitrogens with zero attached hydrogens (tertiary/aromatic N) is 1. The van der Waals surface area contributed by atoms with Gasteiger partial charge in [-0.1, -0.05) is 5.92 Å². The van der Waals surface area contributed by atoms with E-state index in [4.69, 9.17) is 0 Å². The number of amides is 1. The van der Waals surface area contributed by atoms with Crippen molar-refractivity contribution in [1.82, 2.24) is 9.88 Å². The van der Waals surface area contributed by atoms with E-state index in [9.17, 15) is 9.59 Å². The summed E-state index contributed by atoms with van der Waals surface area (Å²) in [6.45, 7) is 2.00. The summed E-state index contributed by atoms with van der Waals surface area (Å²) < 4.78 is 1.41. The molecule has 1 heterocycles. The molecule has 0 saturated carbocycles. The Morgan fingerprint density at radius 2 is 2.33 bits per heavy atom. The predicted molar refractivity (Wildman–Crippen MR) is 57.5 cm³/mol. The van der Waals surface area contributed by atoms with Crippen molar-refractivity contribution >= 4 is 5.91 Å². The number of hydrogen-bond donors (Lipinski definition) is 1. The number of rotatable bonds is 2. The van der Waals surface area contributed by atoms with Crippen LogP contribution in [0.4, 0.5) is 0 Å². The Morgan fingerprint density at radius 1 is 1.60 bits per heavy atom. The number of aromatic nitrogens is 1. The van der Waals surface area contributed by atoms with Gasteiger partial charge in [-0.3, -0.25) is 9.59 Å². The zero-order valence-electron chi connectivity index (χ0n) is 8.70. The maximum absolute atomic E-state index is 11.5. The third-order valence-electron chi connectivity index (χ3n) is 1.88. The van der Waals surface area contributed by atoms with E-state index in [1.54, 1.807) is 26.2 Å². The van der Waals surface area contributed by atoms with Crippen molar-refractivity contribution in [2.24, 2.45) is 7.05 Å². The van der Waals surface area contributed by atoms with Crippen LogP contribution < -0.4 is 10.9 Å². The molecule has 1 amide bonds. The zero-order chi connectivity index (χ0) is 11.3. The molecule has 0 saturated heterocycles.